The lowest BCUT2D eigenvalue weighted by atomic mass is 9.92. The summed E-state index contributed by atoms with van der Waals surface area (Å²) in [7, 11) is 0. The average molecular weight is 437 g/mol. The van der Waals surface area contributed by atoms with Crippen LogP contribution in [0.5, 0.6) is 0 Å². The van der Waals surface area contributed by atoms with E-state index in [1.54, 1.807) is 0 Å². The van der Waals surface area contributed by atoms with Crippen LogP contribution in [0.1, 0.15) is 69.0 Å². The Kier molecular flexibility index (Phi) is 7.91. The molecule has 31 heavy (non-hydrogen) atoms. The summed E-state index contributed by atoms with van der Waals surface area (Å²) < 4.78 is 2.09. The van der Waals surface area contributed by atoms with Crippen molar-refractivity contribution in [3.05, 3.63) is 71.0 Å². The zero-order valence-electron chi connectivity index (χ0n) is 19.1. The standard InChI is InChI=1S/C25H32N4OS/c1-6-29-22(15-19-11-8-7-9-12-19)27-28-25(29)31-16-23(30)26-24-20(17(2)3)13-10-14-21(24)18(4)5/h7-14,17-18H,6,15-16H2,1-5H3,(H,26,30). The number of thioether (sulfide) groups is 1. The lowest BCUT2D eigenvalue weighted by Gasteiger charge is -2.20. The first kappa shape index (κ1) is 23.1. The minimum atomic E-state index is -0.0183. The third-order valence-electron chi connectivity index (χ3n) is 5.28. The molecule has 0 aliphatic rings. The molecule has 3 rings (SSSR count). The molecule has 3 aromatic rings. The van der Waals surface area contributed by atoms with Crippen LogP contribution in [0.25, 0.3) is 0 Å². The molecule has 0 fully saturated rings. The van der Waals surface area contributed by atoms with Crippen LogP contribution in [0, 0.1) is 0 Å². The quantitative estimate of drug-likeness (QED) is 0.426. The van der Waals surface area contributed by atoms with Gasteiger partial charge in [-0.15, -0.1) is 10.2 Å². The van der Waals surface area contributed by atoms with Crippen LogP contribution in [-0.4, -0.2) is 26.4 Å². The van der Waals surface area contributed by atoms with E-state index in [1.807, 2.05) is 18.2 Å². The Morgan fingerprint density at radius 1 is 0.968 bits per heavy atom. The molecule has 0 atom stereocenters. The van der Waals surface area contributed by atoms with E-state index in [4.69, 9.17) is 0 Å². The molecule has 164 valence electrons. The van der Waals surface area contributed by atoms with Gasteiger partial charge in [0.1, 0.15) is 5.82 Å². The van der Waals surface area contributed by atoms with Crippen molar-refractivity contribution in [2.75, 3.05) is 11.1 Å². The van der Waals surface area contributed by atoms with Gasteiger partial charge < -0.3 is 9.88 Å². The zero-order valence-corrected chi connectivity index (χ0v) is 19.9. The summed E-state index contributed by atoms with van der Waals surface area (Å²) >= 11 is 1.44. The number of anilines is 1. The van der Waals surface area contributed by atoms with Crippen LogP contribution in [0.15, 0.2) is 53.7 Å². The predicted molar refractivity (Wildman–Crippen MR) is 129 cm³/mol. The summed E-state index contributed by atoms with van der Waals surface area (Å²) in [5.41, 5.74) is 4.50. The Morgan fingerprint density at radius 3 is 2.19 bits per heavy atom. The van der Waals surface area contributed by atoms with Crippen molar-refractivity contribution in [1.82, 2.24) is 14.8 Å². The number of benzene rings is 2. The van der Waals surface area contributed by atoms with Crippen molar-refractivity contribution in [1.29, 1.82) is 0 Å². The minimum absolute atomic E-state index is 0.0183. The van der Waals surface area contributed by atoms with Gasteiger partial charge in [-0.1, -0.05) is 88.0 Å². The molecule has 1 N–H and O–H groups in total. The summed E-state index contributed by atoms with van der Waals surface area (Å²) in [5.74, 6) is 1.88. The van der Waals surface area contributed by atoms with Crippen LogP contribution in [0.3, 0.4) is 0 Å². The molecule has 6 heteroatoms. The summed E-state index contributed by atoms with van der Waals surface area (Å²) in [4.78, 5) is 12.8. The third kappa shape index (κ3) is 5.76. The molecule has 0 saturated carbocycles. The molecule has 1 aromatic heterocycles. The number of carbonyl (C=O) groups excluding carboxylic acids is 1. The summed E-state index contributed by atoms with van der Waals surface area (Å²) in [6.45, 7) is 11.5. The normalized spacial score (nSPS) is 11.3. The maximum atomic E-state index is 12.8. The van der Waals surface area contributed by atoms with Gasteiger partial charge in [0.15, 0.2) is 5.16 Å². The van der Waals surface area contributed by atoms with E-state index < -0.39 is 0 Å². The number of carbonyl (C=O) groups is 1. The predicted octanol–water partition coefficient (Wildman–Crippen LogP) is 5.87. The Morgan fingerprint density at radius 2 is 1.61 bits per heavy atom. The van der Waals surface area contributed by atoms with Crippen LogP contribution < -0.4 is 5.32 Å². The fraction of sp³-hybridized carbons (Fsp3) is 0.400. The van der Waals surface area contributed by atoms with Gasteiger partial charge >= 0.3 is 0 Å². The second-order valence-corrected chi connectivity index (χ2v) is 9.21. The smallest absolute Gasteiger partial charge is 0.234 e. The largest absolute Gasteiger partial charge is 0.325 e. The van der Waals surface area contributed by atoms with Gasteiger partial charge in [0.2, 0.25) is 5.91 Å². The molecule has 0 spiro atoms. The molecular formula is C25H32N4OS. The molecule has 0 aliphatic heterocycles. The van der Waals surface area contributed by atoms with Gasteiger partial charge in [-0.3, -0.25) is 4.79 Å². The first-order chi connectivity index (χ1) is 14.9. The Balaban J connectivity index is 1.71. The van der Waals surface area contributed by atoms with Crippen LogP contribution >= 0.6 is 11.8 Å². The molecular weight excluding hydrogens is 404 g/mol. The lowest BCUT2D eigenvalue weighted by molar-refractivity contribution is -0.113. The van der Waals surface area contributed by atoms with Crippen molar-refractivity contribution in [2.24, 2.45) is 0 Å². The number of rotatable bonds is 9. The third-order valence-corrected chi connectivity index (χ3v) is 6.25. The average Bonchev–Trinajstić information content (AvgIpc) is 3.14. The molecule has 2 aromatic carbocycles. The van der Waals surface area contributed by atoms with Gasteiger partial charge in [-0.2, -0.15) is 0 Å². The number of amides is 1. The maximum absolute atomic E-state index is 12.8. The van der Waals surface area contributed by atoms with Gasteiger partial charge in [-0.05, 0) is 35.4 Å². The first-order valence-corrected chi connectivity index (χ1v) is 11.9. The molecule has 0 saturated heterocycles. The van der Waals surface area contributed by atoms with Gasteiger partial charge in [-0.25, -0.2) is 0 Å². The van der Waals surface area contributed by atoms with E-state index in [9.17, 15) is 4.79 Å². The molecule has 5 nitrogen and oxygen atoms in total. The van der Waals surface area contributed by atoms with Gasteiger partial charge in [0.05, 0.1) is 5.75 Å². The Labute approximate surface area is 189 Å². The molecule has 0 unspecified atom stereocenters. The molecule has 0 bridgehead atoms. The lowest BCUT2D eigenvalue weighted by Crippen LogP contribution is -2.18. The van der Waals surface area contributed by atoms with E-state index in [2.05, 4.69) is 85.0 Å². The fourth-order valence-corrected chi connectivity index (χ4v) is 4.47. The van der Waals surface area contributed by atoms with Crippen LogP contribution in [0.4, 0.5) is 5.69 Å². The highest BCUT2D eigenvalue weighted by molar-refractivity contribution is 7.99. The highest BCUT2D eigenvalue weighted by Crippen LogP contribution is 2.32. The topological polar surface area (TPSA) is 59.8 Å². The molecule has 1 heterocycles. The number of hydrogen-bond acceptors (Lipinski definition) is 4. The van der Waals surface area contributed by atoms with Crippen molar-refractivity contribution in [3.63, 3.8) is 0 Å². The highest BCUT2D eigenvalue weighted by Gasteiger charge is 2.18. The minimum Gasteiger partial charge on any atom is -0.325 e. The monoisotopic (exact) mass is 436 g/mol. The zero-order chi connectivity index (χ0) is 22.4. The van der Waals surface area contributed by atoms with E-state index in [0.29, 0.717) is 17.6 Å². The number of para-hydroxylation sites is 1. The van der Waals surface area contributed by atoms with Crippen molar-refractivity contribution >= 4 is 23.4 Å². The summed E-state index contributed by atoms with van der Waals surface area (Å²) in [5, 5.41) is 12.7. The van der Waals surface area contributed by atoms with E-state index in [-0.39, 0.29) is 5.91 Å². The van der Waals surface area contributed by atoms with Crippen molar-refractivity contribution < 1.29 is 4.79 Å². The van der Waals surface area contributed by atoms with Gasteiger partial charge in [0.25, 0.3) is 0 Å². The second-order valence-electron chi connectivity index (χ2n) is 8.26. The first-order valence-electron chi connectivity index (χ1n) is 10.9. The molecule has 1 amide bonds. The van der Waals surface area contributed by atoms with Gasteiger partial charge in [0, 0.05) is 18.7 Å². The second kappa shape index (κ2) is 10.6. The fourth-order valence-electron chi connectivity index (χ4n) is 3.65. The van der Waals surface area contributed by atoms with Crippen LogP contribution in [0.2, 0.25) is 0 Å². The number of nitrogens with zero attached hydrogens (tertiary/aromatic N) is 3. The SMILES string of the molecule is CCn1c(Cc2ccccc2)nnc1SCC(=O)Nc1c(C(C)C)cccc1C(C)C. The van der Waals surface area contributed by atoms with E-state index in [0.717, 1.165) is 29.6 Å². The van der Waals surface area contributed by atoms with Crippen molar-refractivity contribution in [3.8, 4) is 0 Å². The molecule has 0 aliphatic carbocycles. The highest BCUT2D eigenvalue weighted by atomic mass is 32.2. The number of hydrogen-bond donors (Lipinski definition) is 1. The van der Waals surface area contributed by atoms with E-state index in [1.165, 1.54) is 28.5 Å². The van der Waals surface area contributed by atoms with E-state index >= 15 is 0 Å². The van der Waals surface area contributed by atoms with Crippen LogP contribution in [-0.2, 0) is 17.8 Å². The molecule has 0 radical (unpaired) electrons. The Hall–Kier alpha value is -2.60. The summed E-state index contributed by atoms with van der Waals surface area (Å²) in [6, 6.07) is 16.5. The Bertz CT molecular complexity index is 985. The number of nitrogens with one attached hydrogen (secondary N) is 1. The maximum Gasteiger partial charge on any atom is 0.234 e. The number of aromatic nitrogens is 3. The summed E-state index contributed by atoms with van der Waals surface area (Å²) in [6.07, 6.45) is 0.730. The van der Waals surface area contributed by atoms with Crippen molar-refractivity contribution in [2.45, 2.75) is 64.6 Å².